The Morgan fingerprint density at radius 1 is 1.05 bits per heavy atom. The lowest BCUT2D eigenvalue weighted by atomic mass is 9.82. The summed E-state index contributed by atoms with van der Waals surface area (Å²) in [5.74, 6) is 0.271. The number of aromatic nitrogens is 3. The Morgan fingerprint density at radius 3 is 2.57 bits per heavy atom. The van der Waals surface area contributed by atoms with E-state index in [0.29, 0.717) is 31.7 Å². The maximum absolute atomic E-state index is 15.3. The van der Waals surface area contributed by atoms with Crippen molar-refractivity contribution in [3.05, 3.63) is 132 Å². The van der Waals surface area contributed by atoms with Crippen molar-refractivity contribution in [3.8, 4) is 5.75 Å². The fourth-order valence-corrected chi connectivity index (χ4v) is 13.9. The molecular weight excluding hydrogens is 745 g/mol. The van der Waals surface area contributed by atoms with Gasteiger partial charge in [-0.05, 0) is 72.8 Å². The average Bonchev–Trinajstić information content (AvgIpc) is 3.91. The third-order valence-electron chi connectivity index (χ3n) is 12.9. The van der Waals surface area contributed by atoms with E-state index in [2.05, 4.69) is 59.2 Å². The first-order valence-corrected chi connectivity index (χ1v) is 23.6. The first-order valence-electron chi connectivity index (χ1n) is 20.5. The first kappa shape index (κ1) is 39.7. The summed E-state index contributed by atoms with van der Waals surface area (Å²) in [7, 11) is -0.682. The molecule has 0 saturated carbocycles. The summed E-state index contributed by atoms with van der Waals surface area (Å²) in [5, 5.41) is 27.0. The fourth-order valence-electron chi connectivity index (χ4n) is 9.84. The van der Waals surface area contributed by atoms with Crippen LogP contribution in [0, 0.1) is 11.8 Å². The van der Waals surface area contributed by atoms with Gasteiger partial charge >= 0.3 is 0 Å². The lowest BCUT2D eigenvalue weighted by molar-refractivity contribution is -0.146. The van der Waals surface area contributed by atoms with Gasteiger partial charge in [-0.15, -0.1) is 5.10 Å². The predicted octanol–water partition coefficient (Wildman–Crippen LogP) is 6.20. The van der Waals surface area contributed by atoms with Crippen molar-refractivity contribution in [2.45, 2.75) is 75.5 Å². The number of hydrogen-bond acceptors (Lipinski definition) is 8. The molecule has 2 amide bonds. The first-order chi connectivity index (χ1) is 28.1. The van der Waals surface area contributed by atoms with Crippen molar-refractivity contribution in [3.63, 3.8) is 0 Å². The molecule has 302 valence electrons. The molecule has 8 rings (SSSR count). The normalized spacial score (nSPS) is 23.5. The second kappa shape index (κ2) is 16.6. The molecule has 58 heavy (non-hydrogen) atoms. The summed E-state index contributed by atoms with van der Waals surface area (Å²) in [6, 6.07) is 34.2. The van der Waals surface area contributed by atoms with E-state index in [-0.39, 0.29) is 47.8 Å². The number of piperidine rings is 1. The van der Waals surface area contributed by atoms with Crippen LogP contribution in [0.4, 0.5) is 11.4 Å². The number of aliphatic hydroxyl groups excluding tert-OH is 1. The molecule has 4 heterocycles. The lowest BCUT2D eigenvalue weighted by Crippen LogP contribution is -2.51. The molecule has 3 aliphatic rings. The van der Waals surface area contributed by atoms with Crippen molar-refractivity contribution >= 4 is 36.4 Å². The number of anilines is 2. The molecule has 1 aromatic heterocycles. The lowest BCUT2D eigenvalue weighted by Gasteiger charge is -2.37. The average molecular weight is 799 g/mol. The number of aliphatic hydroxyl groups is 1. The van der Waals surface area contributed by atoms with Gasteiger partial charge in [-0.25, -0.2) is 0 Å². The minimum atomic E-state index is -2.36. The molecule has 6 atom stereocenters. The molecule has 3 aliphatic heterocycles. The van der Waals surface area contributed by atoms with Crippen molar-refractivity contribution in [1.29, 1.82) is 0 Å². The number of carbonyl (C=O) groups excluding carboxylic acids is 2. The molecule has 0 radical (unpaired) electrons. The maximum Gasteiger partial charge on any atom is 0.264 e. The monoisotopic (exact) mass is 798 g/mol. The van der Waals surface area contributed by atoms with Crippen molar-refractivity contribution in [2.24, 2.45) is 11.8 Å². The Bertz CT molecular complexity index is 2230. The van der Waals surface area contributed by atoms with E-state index < -0.39 is 13.7 Å². The Balaban J connectivity index is 1.10. The number of nitrogens with one attached hydrogen (secondary N) is 2. The van der Waals surface area contributed by atoms with E-state index in [1.807, 2.05) is 101 Å². The zero-order chi connectivity index (χ0) is 40.4. The zero-order valence-electron chi connectivity index (χ0n) is 33.8. The third kappa shape index (κ3) is 7.38. The van der Waals surface area contributed by atoms with Gasteiger partial charge in [-0.1, -0.05) is 103 Å². The number of carbonyl (C=O) groups is 2. The van der Waals surface area contributed by atoms with Crippen LogP contribution in [0.2, 0.25) is 18.6 Å². The van der Waals surface area contributed by atoms with Gasteiger partial charge < -0.3 is 30.1 Å². The van der Waals surface area contributed by atoms with Crippen LogP contribution in [0.15, 0.2) is 109 Å². The van der Waals surface area contributed by atoms with Crippen molar-refractivity contribution in [2.75, 3.05) is 37.0 Å². The smallest absolute Gasteiger partial charge is 0.264 e. The van der Waals surface area contributed by atoms with Gasteiger partial charge in [0.25, 0.3) is 5.91 Å². The standard InChI is InChI=1S/C46H54N6O5Si/c1-31-43(58(3,4)37-21-19-36(56-2)20-22-37)42(23-25-51-29-40(49-50-51)38(30-53)33-13-6-5-7-14-33)57-46(31)39-17-8-9-18-41(39)52(45(46)55)28-32-12-10-16-35(26-32)48-44(54)34-15-11-24-47-27-34/h5-10,12-14,16-22,26,29,31,34,38,42-43,47,53H,11,15,23-25,27-28,30H2,1-4H3,(H,48,54)/t31-,34?,38?,42+,43-,46+/m0/s1. The zero-order valence-corrected chi connectivity index (χ0v) is 34.8. The Labute approximate surface area is 341 Å². The highest BCUT2D eigenvalue weighted by atomic mass is 28.3. The second-order valence-corrected chi connectivity index (χ2v) is 21.3. The van der Waals surface area contributed by atoms with E-state index in [1.54, 1.807) is 7.11 Å². The number of para-hydroxylation sites is 1. The topological polar surface area (TPSA) is 131 Å². The quantitative estimate of drug-likeness (QED) is 0.120. The van der Waals surface area contributed by atoms with E-state index >= 15 is 4.79 Å². The molecule has 2 fully saturated rings. The van der Waals surface area contributed by atoms with Gasteiger partial charge in [0, 0.05) is 36.5 Å². The summed E-state index contributed by atoms with van der Waals surface area (Å²) >= 11 is 0. The maximum atomic E-state index is 15.3. The van der Waals surface area contributed by atoms with Crippen LogP contribution in [0.25, 0.3) is 0 Å². The predicted molar refractivity (Wildman–Crippen MR) is 228 cm³/mol. The highest BCUT2D eigenvalue weighted by molar-refractivity contribution is 6.91. The third-order valence-corrected chi connectivity index (χ3v) is 17.2. The summed E-state index contributed by atoms with van der Waals surface area (Å²) in [6.45, 7) is 9.40. The summed E-state index contributed by atoms with van der Waals surface area (Å²) in [4.78, 5) is 30.3. The number of hydrogen-bond donors (Lipinski definition) is 3. The molecule has 2 unspecified atom stereocenters. The van der Waals surface area contributed by atoms with E-state index in [1.165, 1.54) is 5.19 Å². The van der Waals surface area contributed by atoms with Crippen molar-refractivity contribution in [1.82, 2.24) is 20.3 Å². The Morgan fingerprint density at radius 2 is 1.83 bits per heavy atom. The van der Waals surface area contributed by atoms with Gasteiger partial charge in [-0.3, -0.25) is 14.3 Å². The molecule has 2 saturated heterocycles. The highest BCUT2D eigenvalue weighted by Gasteiger charge is 2.66. The van der Waals surface area contributed by atoms with Crippen LogP contribution in [0.1, 0.15) is 54.5 Å². The van der Waals surface area contributed by atoms with Crippen molar-refractivity contribution < 1.29 is 24.2 Å². The molecule has 3 N–H and O–H groups in total. The molecular formula is C46H54N6O5Si. The SMILES string of the molecule is COc1ccc([Si](C)(C)[C@@H]2[C@@H](CCn3cc(C(CO)c4ccccc4)nn3)O[C@]3(C(=O)N(Cc4cccc(NC(=O)C5CCCNC5)c4)c4ccccc43)[C@H]2C)cc1. The van der Waals surface area contributed by atoms with Crippen LogP contribution in [-0.4, -0.2) is 72.9 Å². The summed E-state index contributed by atoms with van der Waals surface area (Å²) in [5.41, 5.74) is 3.95. The van der Waals surface area contributed by atoms with Crippen LogP contribution in [0.5, 0.6) is 5.75 Å². The number of aryl methyl sites for hydroxylation is 1. The number of ether oxygens (including phenoxy) is 2. The van der Waals surface area contributed by atoms with E-state index in [0.717, 1.165) is 53.2 Å². The number of rotatable bonds is 13. The fraction of sp³-hybridized carbons (Fsp3) is 0.391. The van der Waals surface area contributed by atoms with E-state index in [4.69, 9.17) is 9.47 Å². The van der Waals surface area contributed by atoms with Crippen LogP contribution < -0.4 is 25.5 Å². The molecule has 5 aromatic rings. The number of nitrogens with zero attached hydrogens (tertiary/aromatic N) is 4. The second-order valence-electron chi connectivity index (χ2n) is 16.6. The largest absolute Gasteiger partial charge is 0.497 e. The number of benzene rings is 4. The van der Waals surface area contributed by atoms with Crippen LogP contribution in [-0.2, 0) is 33.0 Å². The summed E-state index contributed by atoms with van der Waals surface area (Å²) < 4.78 is 14.7. The molecule has 4 aromatic carbocycles. The van der Waals surface area contributed by atoms with E-state index in [9.17, 15) is 9.90 Å². The Kier molecular flexibility index (Phi) is 11.4. The Hall–Kier alpha value is -5.14. The van der Waals surface area contributed by atoms with Gasteiger partial charge in [0.05, 0.1) is 57.7 Å². The molecule has 0 aliphatic carbocycles. The van der Waals surface area contributed by atoms with Gasteiger partial charge in [0.1, 0.15) is 5.75 Å². The minimum Gasteiger partial charge on any atom is -0.497 e. The molecule has 11 nitrogen and oxygen atoms in total. The molecule has 0 bridgehead atoms. The summed E-state index contributed by atoms with van der Waals surface area (Å²) in [6.07, 6.45) is 4.13. The number of amides is 2. The number of methoxy groups -OCH3 is 1. The number of fused-ring (bicyclic) bond motifs is 2. The molecule has 1 spiro atoms. The van der Waals surface area contributed by atoms with Crippen LogP contribution >= 0.6 is 0 Å². The minimum absolute atomic E-state index is 0.0197. The van der Waals surface area contributed by atoms with Gasteiger partial charge in [-0.2, -0.15) is 0 Å². The molecule has 12 heteroatoms. The van der Waals surface area contributed by atoms with Gasteiger partial charge in [0.2, 0.25) is 5.91 Å². The van der Waals surface area contributed by atoms with Crippen LogP contribution in [0.3, 0.4) is 0 Å². The van der Waals surface area contributed by atoms with Gasteiger partial charge in [0.15, 0.2) is 5.60 Å². The highest BCUT2D eigenvalue weighted by Crippen LogP contribution is 2.60.